The molecule has 0 fully saturated rings. The van der Waals surface area contributed by atoms with E-state index in [9.17, 15) is 9.59 Å². The highest BCUT2D eigenvalue weighted by Gasteiger charge is 2.18. The van der Waals surface area contributed by atoms with Crippen molar-refractivity contribution in [1.29, 1.82) is 0 Å². The third-order valence-corrected chi connectivity index (χ3v) is 7.27. The lowest BCUT2D eigenvalue weighted by atomic mass is 10.2. The summed E-state index contributed by atoms with van der Waals surface area (Å²) in [6, 6.07) is 20.8. The first-order valence-corrected chi connectivity index (χ1v) is 12.6. The Balaban J connectivity index is 1.36. The molecule has 0 saturated carbocycles. The third kappa shape index (κ3) is 5.07. The number of carbonyl (C=O) groups excluding carboxylic acids is 2. The van der Waals surface area contributed by atoms with Crippen LogP contribution < -0.4 is 5.32 Å². The topological polar surface area (TPSA) is 97.0 Å². The molecule has 3 heterocycles. The summed E-state index contributed by atoms with van der Waals surface area (Å²) >= 11 is 2.70. The van der Waals surface area contributed by atoms with Crippen LogP contribution in [-0.2, 0) is 4.74 Å². The molecule has 5 aromatic rings. The van der Waals surface area contributed by atoms with Crippen molar-refractivity contribution >= 4 is 63.7 Å². The van der Waals surface area contributed by atoms with Crippen LogP contribution in [0.25, 0.3) is 23.1 Å². The fourth-order valence-corrected chi connectivity index (χ4v) is 5.32. The van der Waals surface area contributed by atoms with E-state index < -0.39 is 5.97 Å². The lowest BCUT2D eigenvalue weighted by Gasteiger charge is -2.10. The maximum Gasteiger partial charge on any atom is 0.350 e. The SMILES string of the molecule is COC(=O)c1sccc1NC(=O)c1ccccc1Sc1ccc2c(/C=C/c3ccccn3)n[nH]c2c1. The molecule has 5 rings (SSSR count). The molecule has 7 nitrogen and oxygen atoms in total. The number of carbonyl (C=O) groups is 2. The van der Waals surface area contributed by atoms with Crippen molar-refractivity contribution in [3.05, 3.63) is 100 Å². The molecule has 0 spiro atoms. The molecule has 0 aliphatic carbocycles. The number of H-pyrrole nitrogens is 1. The Labute approximate surface area is 215 Å². The molecule has 0 bridgehead atoms. The Morgan fingerprint density at radius 3 is 2.75 bits per heavy atom. The molecule has 2 N–H and O–H groups in total. The van der Waals surface area contributed by atoms with Gasteiger partial charge in [0, 0.05) is 21.4 Å². The summed E-state index contributed by atoms with van der Waals surface area (Å²) in [6.07, 6.45) is 5.61. The van der Waals surface area contributed by atoms with Crippen LogP contribution in [0.4, 0.5) is 5.69 Å². The van der Waals surface area contributed by atoms with Crippen LogP contribution in [0.2, 0.25) is 0 Å². The number of rotatable bonds is 7. The highest BCUT2D eigenvalue weighted by molar-refractivity contribution is 7.99. The molecule has 3 aromatic heterocycles. The number of nitrogens with one attached hydrogen (secondary N) is 2. The Morgan fingerprint density at radius 2 is 1.92 bits per heavy atom. The molecule has 0 aliphatic rings. The predicted molar refractivity (Wildman–Crippen MR) is 143 cm³/mol. The number of amides is 1. The number of ether oxygens (including phenoxy) is 1. The van der Waals surface area contributed by atoms with Gasteiger partial charge in [-0.3, -0.25) is 14.9 Å². The molecule has 36 heavy (non-hydrogen) atoms. The largest absolute Gasteiger partial charge is 0.465 e. The lowest BCUT2D eigenvalue weighted by Crippen LogP contribution is -2.14. The van der Waals surface area contributed by atoms with Crippen molar-refractivity contribution in [2.24, 2.45) is 0 Å². The summed E-state index contributed by atoms with van der Waals surface area (Å²) in [5.41, 5.74) is 3.51. The Morgan fingerprint density at radius 1 is 1.06 bits per heavy atom. The second kappa shape index (κ2) is 10.6. The van der Waals surface area contributed by atoms with Crippen molar-refractivity contribution in [3.63, 3.8) is 0 Å². The summed E-state index contributed by atoms with van der Waals surface area (Å²) in [5, 5.41) is 13.1. The van der Waals surface area contributed by atoms with Crippen molar-refractivity contribution in [1.82, 2.24) is 15.2 Å². The van der Waals surface area contributed by atoms with Gasteiger partial charge in [0.2, 0.25) is 0 Å². The molecule has 9 heteroatoms. The maximum absolute atomic E-state index is 13.1. The average Bonchev–Trinajstić information content (AvgIpc) is 3.54. The van der Waals surface area contributed by atoms with Gasteiger partial charge in [-0.05, 0) is 66.1 Å². The van der Waals surface area contributed by atoms with Crippen LogP contribution in [0, 0.1) is 0 Å². The number of anilines is 1. The minimum Gasteiger partial charge on any atom is -0.465 e. The number of hydrogen-bond acceptors (Lipinski definition) is 7. The van der Waals surface area contributed by atoms with Gasteiger partial charge in [0.25, 0.3) is 5.91 Å². The molecule has 1 amide bonds. The smallest absolute Gasteiger partial charge is 0.350 e. The predicted octanol–water partition coefficient (Wildman–Crippen LogP) is 6.38. The standard InChI is InChI=1S/C27H20N4O3S2/c1-34-27(33)25-22(13-15-35-25)29-26(32)20-7-2-3-8-24(20)36-18-10-11-19-21(30-31-23(19)16-18)12-9-17-6-4-5-14-28-17/h2-16H,1H3,(H,29,32)(H,30,31)/b12-9+. The first-order chi connectivity index (χ1) is 17.6. The van der Waals surface area contributed by atoms with Crippen molar-refractivity contribution in [2.75, 3.05) is 12.4 Å². The first kappa shape index (κ1) is 23.5. The van der Waals surface area contributed by atoms with Gasteiger partial charge in [0.15, 0.2) is 0 Å². The summed E-state index contributed by atoms with van der Waals surface area (Å²) in [6.45, 7) is 0. The Hall–Kier alpha value is -4.21. The first-order valence-electron chi connectivity index (χ1n) is 10.9. The van der Waals surface area contributed by atoms with E-state index >= 15 is 0 Å². The second-order valence-electron chi connectivity index (χ2n) is 7.61. The average molecular weight is 513 g/mol. The van der Waals surface area contributed by atoms with Gasteiger partial charge < -0.3 is 10.1 Å². The molecular weight excluding hydrogens is 492 g/mol. The Kier molecular flexibility index (Phi) is 6.92. The summed E-state index contributed by atoms with van der Waals surface area (Å²) in [4.78, 5) is 31.5. The van der Waals surface area contributed by atoms with Gasteiger partial charge >= 0.3 is 5.97 Å². The van der Waals surface area contributed by atoms with Crippen LogP contribution in [0.3, 0.4) is 0 Å². The number of thiophene rings is 1. The second-order valence-corrected chi connectivity index (χ2v) is 9.64. The third-order valence-electron chi connectivity index (χ3n) is 5.31. The monoisotopic (exact) mass is 512 g/mol. The highest BCUT2D eigenvalue weighted by atomic mass is 32.2. The molecule has 178 valence electrons. The fourth-order valence-electron chi connectivity index (χ4n) is 3.57. The number of nitrogens with zero attached hydrogens (tertiary/aromatic N) is 2. The van der Waals surface area contributed by atoms with Gasteiger partial charge in [-0.2, -0.15) is 5.10 Å². The summed E-state index contributed by atoms with van der Waals surface area (Å²) < 4.78 is 4.80. The maximum atomic E-state index is 13.1. The Bertz CT molecular complexity index is 1570. The zero-order chi connectivity index (χ0) is 24.9. The lowest BCUT2D eigenvalue weighted by molar-refractivity contribution is 0.0607. The van der Waals surface area contributed by atoms with E-state index in [0.717, 1.165) is 32.1 Å². The van der Waals surface area contributed by atoms with Crippen LogP contribution in [0.15, 0.2) is 88.1 Å². The van der Waals surface area contributed by atoms with Gasteiger partial charge in [-0.1, -0.05) is 30.0 Å². The quantitative estimate of drug-likeness (QED) is 0.246. The molecule has 2 aromatic carbocycles. The number of aromatic amines is 1. The minimum absolute atomic E-state index is 0.300. The molecule has 0 atom stereocenters. The van der Waals surface area contributed by atoms with E-state index in [1.54, 1.807) is 23.7 Å². The van der Waals surface area contributed by atoms with E-state index in [1.165, 1.54) is 30.2 Å². The van der Waals surface area contributed by atoms with E-state index in [1.807, 2.05) is 66.7 Å². The normalized spacial score (nSPS) is 11.1. The summed E-state index contributed by atoms with van der Waals surface area (Å²) in [5.74, 6) is -0.781. The van der Waals surface area contributed by atoms with Gasteiger partial charge in [0.1, 0.15) is 4.88 Å². The number of fused-ring (bicyclic) bond motifs is 1. The molecular formula is C27H20N4O3S2. The van der Waals surface area contributed by atoms with Gasteiger partial charge in [-0.15, -0.1) is 11.3 Å². The number of methoxy groups -OCH3 is 1. The number of pyridine rings is 1. The minimum atomic E-state index is -0.481. The van der Waals surface area contributed by atoms with Crippen LogP contribution in [-0.4, -0.2) is 34.2 Å². The molecule has 0 radical (unpaired) electrons. The van der Waals surface area contributed by atoms with E-state index in [2.05, 4.69) is 20.5 Å². The van der Waals surface area contributed by atoms with Crippen molar-refractivity contribution < 1.29 is 14.3 Å². The van der Waals surface area contributed by atoms with Gasteiger partial charge in [-0.25, -0.2) is 4.79 Å². The number of esters is 1. The highest BCUT2D eigenvalue weighted by Crippen LogP contribution is 2.33. The number of hydrogen-bond donors (Lipinski definition) is 2. The zero-order valence-electron chi connectivity index (χ0n) is 19.1. The molecule has 0 aliphatic heterocycles. The van der Waals surface area contributed by atoms with E-state index in [4.69, 9.17) is 4.74 Å². The van der Waals surface area contributed by atoms with Crippen molar-refractivity contribution in [3.8, 4) is 0 Å². The van der Waals surface area contributed by atoms with Gasteiger partial charge in [0.05, 0.1) is 35.3 Å². The van der Waals surface area contributed by atoms with Crippen LogP contribution in [0.1, 0.15) is 31.4 Å². The molecule has 0 saturated heterocycles. The fraction of sp³-hybridized carbons (Fsp3) is 0.0370. The van der Waals surface area contributed by atoms with Crippen molar-refractivity contribution in [2.45, 2.75) is 9.79 Å². The number of benzene rings is 2. The van der Waals surface area contributed by atoms with E-state index in [0.29, 0.717) is 16.1 Å². The van der Waals surface area contributed by atoms with Crippen LogP contribution in [0.5, 0.6) is 0 Å². The number of aromatic nitrogens is 3. The summed E-state index contributed by atoms with van der Waals surface area (Å²) in [7, 11) is 1.32. The molecule has 0 unspecified atom stereocenters. The van der Waals surface area contributed by atoms with E-state index in [-0.39, 0.29) is 5.91 Å². The van der Waals surface area contributed by atoms with Crippen LogP contribution >= 0.6 is 23.1 Å². The zero-order valence-corrected chi connectivity index (χ0v) is 20.7.